The van der Waals surface area contributed by atoms with E-state index in [1.807, 2.05) is 0 Å². The summed E-state index contributed by atoms with van der Waals surface area (Å²) in [5, 5.41) is 0.252. The van der Waals surface area contributed by atoms with E-state index >= 15 is 0 Å². The summed E-state index contributed by atoms with van der Waals surface area (Å²) in [5.74, 6) is 1.12. The molecule has 0 heterocycles. The standard InChI is InChI=1S/C13H16Cl2N2O2S/c14-9-3-4-11(12(15)13(9)16)20(18,19)17-10-6-7-1-2-8(10)5-7/h3-4,7-8,10,17H,1-2,5-6,16H2. The zero-order valence-corrected chi connectivity index (χ0v) is 13.1. The van der Waals surface area contributed by atoms with Crippen LogP contribution in [0.1, 0.15) is 25.7 Å². The second-order valence-electron chi connectivity index (χ2n) is 5.68. The number of benzene rings is 1. The summed E-state index contributed by atoms with van der Waals surface area (Å²) in [4.78, 5) is 0.00356. The zero-order chi connectivity index (χ0) is 14.5. The van der Waals surface area contributed by atoms with E-state index in [1.165, 1.54) is 18.6 Å². The summed E-state index contributed by atoms with van der Waals surface area (Å²) in [5.41, 5.74) is 5.79. The lowest BCUT2D eigenvalue weighted by molar-refractivity contribution is 0.390. The monoisotopic (exact) mass is 334 g/mol. The molecular weight excluding hydrogens is 319 g/mol. The van der Waals surface area contributed by atoms with Crippen molar-refractivity contribution >= 4 is 38.9 Å². The molecule has 2 saturated carbocycles. The molecule has 3 unspecified atom stereocenters. The minimum atomic E-state index is -3.66. The summed E-state index contributed by atoms with van der Waals surface area (Å²) >= 11 is 11.9. The first-order valence-corrected chi connectivity index (χ1v) is 8.88. The SMILES string of the molecule is Nc1c(Cl)ccc(S(=O)(=O)NC2CC3CCC2C3)c1Cl. The normalized spacial score (nSPS) is 29.0. The minimum absolute atomic E-state index is 0.00356. The molecule has 0 aliphatic heterocycles. The van der Waals surface area contributed by atoms with Gasteiger partial charge in [-0.25, -0.2) is 13.1 Å². The molecule has 110 valence electrons. The summed E-state index contributed by atoms with van der Waals surface area (Å²) in [6, 6.07) is 2.88. The van der Waals surface area contributed by atoms with Crippen LogP contribution in [0.3, 0.4) is 0 Å². The van der Waals surface area contributed by atoms with Crippen molar-refractivity contribution in [2.75, 3.05) is 5.73 Å². The first-order chi connectivity index (χ1) is 9.38. The van der Waals surface area contributed by atoms with Crippen molar-refractivity contribution in [2.24, 2.45) is 11.8 Å². The molecule has 0 saturated heterocycles. The highest BCUT2D eigenvalue weighted by atomic mass is 35.5. The van der Waals surface area contributed by atoms with Crippen LogP contribution in [0.5, 0.6) is 0 Å². The van der Waals surface area contributed by atoms with Gasteiger partial charge in [-0.15, -0.1) is 0 Å². The van der Waals surface area contributed by atoms with Gasteiger partial charge in [-0.1, -0.05) is 29.6 Å². The Kier molecular flexibility index (Phi) is 3.65. The van der Waals surface area contributed by atoms with E-state index < -0.39 is 10.0 Å². The lowest BCUT2D eigenvalue weighted by Gasteiger charge is -2.23. The molecule has 3 N–H and O–H groups in total. The predicted molar refractivity (Wildman–Crippen MR) is 80.4 cm³/mol. The maximum absolute atomic E-state index is 12.5. The van der Waals surface area contributed by atoms with Crippen LogP contribution >= 0.6 is 23.2 Å². The Morgan fingerprint density at radius 2 is 1.95 bits per heavy atom. The molecule has 3 atom stereocenters. The number of nitrogens with one attached hydrogen (secondary N) is 1. The summed E-state index contributed by atoms with van der Waals surface area (Å²) in [6.45, 7) is 0. The summed E-state index contributed by atoms with van der Waals surface area (Å²) < 4.78 is 27.7. The second-order valence-corrected chi connectivity index (χ2v) is 8.14. The minimum Gasteiger partial charge on any atom is -0.396 e. The van der Waals surface area contributed by atoms with Gasteiger partial charge in [0.25, 0.3) is 0 Å². The molecule has 2 aliphatic rings. The average molecular weight is 335 g/mol. The molecule has 4 nitrogen and oxygen atoms in total. The maximum atomic E-state index is 12.5. The molecule has 3 rings (SSSR count). The van der Waals surface area contributed by atoms with Gasteiger partial charge in [0.05, 0.1) is 15.7 Å². The van der Waals surface area contributed by atoms with Crippen molar-refractivity contribution < 1.29 is 8.42 Å². The van der Waals surface area contributed by atoms with Gasteiger partial charge in [-0.3, -0.25) is 0 Å². The summed E-state index contributed by atoms with van der Waals surface area (Å²) in [6.07, 6.45) is 4.38. The number of fused-ring (bicyclic) bond motifs is 2. The molecule has 0 spiro atoms. The van der Waals surface area contributed by atoms with Gasteiger partial charge in [0.2, 0.25) is 10.0 Å². The molecule has 1 aromatic rings. The van der Waals surface area contributed by atoms with E-state index in [1.54, 1.807) is 0 Å². The van der Waals surface area contributed by atoms with Gasteiger partial charge >= 0.3 is 0 Å². The number of anilines is 1. The van der Waals surface area contributed by atoms with Gasteiger partial charge < -0.3 is 5.73 Å². The number of hydrogen-bond acceptors (Lipinski definition) is 3. The fraction of sp³-hybridized carbons (Fsp3) is 0.538. The Bertz CT molecular complexity index is 648. The molecule has 2 bridgehead atoms. The van der Waals surface area contributed by atoms with E-state index in [0.717, 1.165) is 19.3 Å². The quantitative estimate of drug-likeness (QED) is 0.834. The molecule has 0 amide bonds. The molecule has 2 fully saturated rings. The molecular formula is C13H16Cl2N2O2S. The molecule has 0 aromatic heterocycles. The average Bonchev–Trinajstić information content (AvgIpc) is 2.97. The smallest absolute Gasteiger partial charge is 0.242 e. The largest absolute Gasteiger partial charge is 0.396 e. The number of hydrogen-bond donors (Lipinski definition) is 2. The van der Waals surface area contributed by atoms with Gasteiger partial charge in [-0.05, 0) is 43.2 Å². The topological polar surface area (TPSA) is 72.2 Å². The van der Waals surface area contributed by atoms with Gasteiger partial charge in [0.1, 0.15) is 4.90 Å². The van der Waals surface area contributed by atoms with Crippen molar-refractivity contribution in [1.82, 2.24) is 4.72 Å². The lowest BCUT2D eigenvalue weighted by Crippen LogP contribution is -2.38. The molecule has 1 aromatic carbocycles. The number of nitrogen functional groups attached to an aromatic ring is 1. The van der Waals surface area contributed by atoms with Crippen LogP contribution in [0.2, 0.25) is 10.0 Å². The molecule has 20 heavy (non-hydrogen) atoms. The number of halogens is 2. The van der Waals surface area contributed by atoms with E-state index in [2.05, 4.69) is 4.72 Å². The van der Waals surface area contributed by atoms with Crippen molar-refractivity contribution in [1.29, 1.82) is 0 Å². The van der Waals surface area contributed by atoms with Crippen LogP contribution in [0, 0.1) is 11.8 Å². The Hall–Kier alpha value is -0.490. The van der Waals surface area contributed by atoms with E-state index in [4.69, 9.17) is 28.9 Å². The first kappa shape index (κ1) is 14.4. The third-order valence-electron chi connectivity index (χ3n) is 4.43. The molecule has 2 aliphatic carbocycles. The van der Waals surface area contributed by atoms with Crippen LogP contribution in [-0.4, -0.2) is 14.5 Å². The highest BCUT2D eigenvalue weighted by molar-refractivity contribution is 7.89. The highest BCUT2D eigenvalue weighted by Gasteiger charge is 2.41. The zero-order valence-electron chi connectivity index (χ0n) is 10.8. The Labute approximate surface area is 128 Å². The third kappa shape index (κ3) is 2.41. The van der Waals surface area contributed by atoms with Crippen molar-refractivity contribution in [3.05, 3.63) is 22.2 Å². The Morgan fingerprint density at radius 3 is 2.55 bits per heavy atom. The van der Waals surface area contributed by atoms with Crippen LogP contribution in [0.15, 0.2) is 17.0 Å². The molecule has 7 heteroatoms. The van der Waals surface area contributed by atoms with E-state index in [0.29, 0.717) is 11.8 Å². The number of nitrogens with two attached hydrogens (primary N) is 1. The van der Waals surface area contributed by atoms with Gasteiger partial charge in [-0.2, -0.15) is 0 Å². The van der Waals surface area contributed by atoms with Gasteiger partial charge in [0.15, 0.2) is 0 Å². The van der Waals surface area contributed by atoms with Crippen LogP contribution in [-0.2, 0) is 10.0 Å². The number of sulfonamides is 1. The van der Waals surface area contributed by atoms with Crippen molar-refractivity contribution in [3.63, 3.8) is 0 Å². The maximum Gasteiger partial charge on any atom is 0.242 e. The highest BCUT2D eigenvalue weighted by Crippen LogP contribution is 2.45. The number of rotatable bonds is 3. The third-order valence-corrected chi connectivity index (χ3v) is 6.81. The van der Waals surface area contributed by atoms with Gasteiger partial charge in [0, 0.05) is 6.04 Å². The van der Waals surface area contributed by atoms with Crippen molar-refractivity contribution in [2.45, 2.75) is 36.6 Å². The van der Waals surface area contributed by atoms with E-state index in [-0.39, 0.29) is 26.7 Å². The first-order valence-electron chi connectivity index (χ1n) is 6.64. The molecule has 0 radical (unpaired) electrons. The van der Waals surface area contributed by atoms with Crippen molar-refractivity contribution in [3.8, 4) is 0 Å². The Balaban J connectivity index is 1.87. The summed E-state index contributed by atoms with van der Waals surface area (Å²) in [7, 11) is -3.66. The van der Waals surface area contributed by atoms with Crippen LogP contribution in [0.25, 0.3) is 0 Å². The fourth-order valence-electron chi connectivity index (χ4n) is 3.41. The van der Waals surface area contributed by atoms with E-state index in [9.17, 15) is 8.42 Å². The lowest BCUT2D eigenvalue weighted by atomic mass is 9.96. The van der Waals surface area contributed by atoms with Crippen LogP contribution in [0.4, 0.5) is 5.69 Å². The second kappa shape index (κ2) is 5.05. The predicted octanol–water partition coefficient (Wildman–Crippen LogP) is 3.04. The van der Waals surface area contributed by atoms with Crippen LogP contribution < -0.4 is 10.5 Å². The fourth-order valence-corrected chi connectivity index (χ4v) is 5.49. The Morgan fingerprint density at radius 1 is 1.20 bits per heavy atom.